The number of aryl methyl sites for hydroxylation is 1. The number of ketones is 1. The SMILES string of the molecule is COc1ccc(CCC(=O)c2cccc(OC)c2F)cc1. The fraction of sp³-hybridized carbons (Fsp3) is 0.235. The smallest absolute Gasteiger partial charge is 0.175 e. The molecule has 0 aromatic heterocycles. The van der Waals surface area contributed by atoms with E-state index < -0.39 is 5.82 Å². The van der Waals surface area contributed by atoms with E-state index in [0.29, 0.717) is 6.42 Å². The van der Waals surface area contributed by atoms with E-state index in [4.69, 9.17) is 9.47 Å². The highest BCUT2D eigenvalue weighted by Gasteiger charge is 2.15. The van der Waals surface area contributed by atoms with E-state index in [0.717, 1.165) is 11.3 Å². The van der Waals surface area contributed by atoms with Gasteiger partial charge < -0.3 is 9.47 Å². The van der Waals surface area contributed by atoms with Crippen LogP contribution in [0.15, 0.2) is 42.5 Å². The van der Waals surface area contributed by atoms with Gasteiger partial charge in [0.25, 0.3) is 0 Å². The molecule has 0 bridgehead atoms. The zero-order valence-electron chi connectivity index (χ0n) is 12.1. The summed E-state index contributed by atoms with van der Waals surface area (Å²) in [4.78, 5) is 12.1. The van der Waals surface area contributed by atoms with E-state index in [1.165, 1.54) is 19.2 Å². The van der Waals surface area contributed by atoms with E-state index in [1.807, 2.05) is 24.3 Å². The number of hydrogen-bond acceptors (Lipinski definition) is 3. The van der Waals surface area contributed by atoms with Crippen molar-refractivity contribution in [1.29, 1.82) is 0 Å². The average Bonchev–Trinajstić information content (AvgIpc) is 2.53. The summed E-state index contributed by atoms with van der Waals surface area (Å²) in [6.07, 6.45) is 0.801. The molecule has 2 aromatic rings. The fourth-order valence-corrected chi connectivity index (χ4v) is 2.07. The summed E-state index contributed by atoms with van der Waals surface area (Å²) in [6.45, 7) is 0. The summed E-state index contributed by atoms with van der Waals surface area (Å²) in [5, 5.41) is 0. The third-order valence-electron chi connectivity index (χ3n) is 3.28. The second-order valence-corrected chi connectivity index (χ2v) is 4.59. The summed E-state index contributed by atoms with van der Waals surface area (Å²) in [7, 11) is 2.98. The normalized spacial score (nSPS) is 10.2. The van der Waals surface area contributed by atoms with Crippen molar-refractivity contribution >= 4 is 5.78 Å². The predicted octanol–water partition coefficient (Wildman–Crippen LogP) is 3.66. The number of methoxy groups -OCH3 is 2. The van der Waals surface area contributed by atoms with E-state index >= 15 is 0 Å². The molecule has 4 heteroatoms. The molecule has 0 saturated carbocycles. The van der Waals surface area contributed by atoms with Crippen LogP contribution in [0.5, 0.6) is 11.5 Å². The van der Waals surface area contributed by atoms with E-state index in [1.54, 1.807) is 13.2 Å². The molecule has 0 radical (unpaired) electrons. The van der Waals surface area contributed by atoms with Crippen molar-refractivity contribution in [2.45, 2.75) is 12.8 Å². The first kappa shape index (κ1) is 15.0. The van der Waals surface area contributed by atoms with Gasteiger partial charge >= 0.3 is 0 Å². The van der Waals surface area contributed by atoms with Crippen LogP contribution in [-0.2, 0) is 6.42 Å². The first-order valence-electron chi connectivity index (χ1n) is 6.64. The van der Waals surface area contributed by atoms with Crippen LogP contribution in [-0.4, -0.2) is 20.0 Å². The molecular formula is C17H17FO3. The Labute approximate surface area is 123 Å². The Balaban J connectivity index is 2.04. The van der Waals surface area contributed by atoms with Crippen molar-refractivity contribution < 1.29 is 18.7 Å². The number of carbonyl (C=O) groups is 1. The molecule has 0 atom stereocenters. The van der Waals surface area contributed by atoms with Crippen LogP contribution in [0.25, 0.3) is 0 Å². The van der Waals surface area contributed by atoms with Crippen LogP contribution in [0, 0.1) is 5.82 Å². The number of ether oxygens (including phenoxy) is 2. The van der Waals surface area contributed by atoms with Crippen molar-refractivity contribution in [1.82, 2.24) is 0 Å². The molecule has 0 fully saturated rings. The summed E-state index contributed by atoms with van der Waals surface area (Å²) in [6, 6.07) is 12.1. The summed E-state index contributed by atoms with van der Waals surface area (Å²) < 4.78 is 23.9. The Morgan fingerprint density at radius 3 is 2.38 bits per heavy atom. The van der Waals surface area contributed by atoms with E-state index in [9.17, 15) is 9.18 Å². The van der Waals surface area contributed by atoms with Gasteiger partial charge in [0.05, 0.1) is 19.8 Å². The number of rotatable bonds is 6. The van der Waals surface area contributed by atoms with Gasteiger partial charge in [0.1, 0.15) is 5.75 Å². The molecule has 110 valence electrons. The van der Waals surface area contributed by atoms with E-state index in [-0.39, 0.29) is 23.5 Å². The monoisotopic (exact) mass is 288 g/mol. The van der Waals surface area contributed by atoms with Gasteiger partial charge in [-0.3, -0.25) is 4.79 Å². The highest BCUT2D eigenvalue weighted by molar-refractivity contribution is 5.96. The van der Waals surface area contributed by atoms with Gasteiger partial charge in [0, 0.05) is 6.42 Å². The molecule has 0 N–H and O–H groups in total. The van der Waals surface area contributed by atoms with Crippen LogP contribution in [0.2, 0.25) is 0 Å². The van der Waals surface area contributed by atoms with E-state index in [2.05, 4.69) is 0 Å². The number of hydrogen-bond donors (Lipinski definition) is 0. The Morgan fingerprint density at radius 2 is 1.76 bits per heavy atom. The topological polar surface area (TPSA) is 35.5 Å². The number of halogens is 1. The largest absolute Gasteiger partial charge is 0.497 e. The maximum Gasteiger partial charge on any atom is 0.175 e. The third kappa shape index (κ3) is 3.60. The molecule has 0 aliphatic rings. The molecule has 0 spiro atoms. The highest BCUT2D eigenvalue weighted by atomic mass is 19.1. The van der Waals surface area contributed by atoms with Gasteiger partial charge in [-0.15, -0.1) is 0 Å². The molecule has 3 nitrogen and oxygen atoms in total. The van der Waals surface area contributed by atoms with Gasteiger partial charge in [-0.1, -0.05) is 18.2 Å². The van der Waals surface area contributed by atoms with Gasteiger partial charge in [-0.2, -0.15) is 0 Å². The Kier molecular flexibility index (Phi) is 4.93. The molecule has 0 aliphatic carbocycles. The Morgan fingerprint density at radius 1 is 1.05 bits per heavy atom. The lowest BCUT2D eigenvalue weighted by atomic mass is 10.0. The number of Topliss-reactive ketones (excluding diaryl/α,β-unsaturated/α-hetero) is 1. The van der Waals surface area contributed by atoms with Crippen LogP contribution >= 0.6 is 0 Å². The first-order chi connectivity index (χ1) is 10.2. The summed E-state index contributed by atoms with van der Waals surface area (Å²) in [5.41, 5.74) is 1.08. The summed E-state index contributed by atoms with van der Waals surface area (Å²) >= 11 is 0. The zero-order chi connectivity index (χ0) is 15.2. The molecule has 0 saturated heterocycles. The molecule has 21 heavy (non-hydrogen) atoms. The molecule has 0 amide bonds. The minimum absolute atomic E-state index is 0.0721. The molecule has 2 rings (SSSR count). The van der Waals surface area contributed by atoms with Gasteiger partial charge in [0.2, 0.25) is 0 Å². The minimum Gasteiger partial charge on any atom is -0.497 e. The Hall–Kier alpha value is -2.36. The maximum absolute atomic E-state index is 14.0. The fourth-order valence-electron chi connectivity index (χ4n) is 2.07. The standard InChI is InChI=1S/C17H17FO3/c1-20-13-9-6-12(7-10-13)8-11-15(19)14-4-3-5-16(21-2)17(14)18/h3-7,9-10H,8,11H2,1-2H3. The minimum atomic E-state index is -0.597. The van der Waals surface area contributed by atoms with Gasteiger partial charge in [-0.05, 0) is 36.2 Å². The molecule has 2 aromatic carbocycles. The molecule has 0 heterocycles. The maximum atomic E-state index is 14.0. The van der Waals surface area contributed by atoms with Crippen molar-refractivity contribution in [2.24, 2.45) is 0 Å². The number of carbonyl (C=O) groups excluding carboxylic acids is 1. The van der Waals surface area contributed by atoms with Crippen molar-refractivity contribution in [2.75, 3.05) is 14.2 Å². The second kappa shape index (κ2) is 6.88. The van der Waals surface area contributed by atoms with Crippen molar-refractivity contribution in [3.8, 4) is 11.5 Å². The average molecular weight is 288 g/mol. The van der Waals surface area contributed by atoms with Crippen molar-refractivity contribution in [3.63, 3.8) is 0 Å². The third-order valence-corrected chi connectivity index (χ3v) is 3.28. The predicted molar refractivity (Wildman–Crippen MR) is 78.6 cm³/mol. The van der Waals surface area contributed by atoms with Crippen LogP contribution in [0.1, 0.15) is 22.3 Å². The highest BCUT2D eigenvalue weighted by Crippen LogP contribution is 2.22. The lowest BCUT2D eigenvalue weighted by Crippen LogP contribution is -2.05. The molecule has 0 aliphatic heterocycles. The lowest BCUT2D eigenvalue weighted by molar-refractivity contribution is 0.0978. The van der Waals surface area contributed by atoms with Crippen LogP contribution in [0.4, 0.5) is 4.39 Å². The second-order valence-electron chi connectivity index (χ2n) is 4.59. The van der Waals surface area contributed by atoms with Crippen LogP contribution in [0.3, 0.4) is 0 Å². The van der Waals surface area contributed by atoms with Crippen molar-refractivity contribution in [3.05, 3.63) is 59.4 Å². The molecular weight excluding hydrogens is 271 g/mol. The Bertz CT molecular complexity index is 620. The summed E-state index contributed by atoms with van der Waals surface area (Å²) in [5.74, 6) is 0.0242. The zero-order valence-corrected chi connectivity index (χ0v) is 12.1. The lowest BCUT2D eigenvalue weighted by Gasteiger charge is -2.07. The number of benzene rings is 2. The molecule has 0 unspecified atom stereocenters. The van der Waals surface area contributed by atoms with Gasteiger partial charge in [0.15, 0.2) is 17.3 Å². The van der Waals surface area contributed by atoms with Crippen LogP contribution < -0.4 is 9.47 Å². The first-order valence-corrected chi connectivity index (χ1v) is 6.64. The van der Waals surface area contributed by atoms with Gasteiger partial charge in [-0.25, -0.2) is 4.39 Å². The quantitative estimate of drug-likeness (QED) is 0.761.